The van der Waals surface area contributed by atoms with Crippen LogP contribution in [0.25, 0.3) is 0 Å². The number of hydrogen-bond acceptors (Lipinski definition) is 3. The number of para-hydroxylation sites is 1. The molecule has 0 atom stereocenters. The Labute approximate surface area is 102 Å². The van der Waals surface area contributed by atoms with Crippen LogP contribution in [-0.2, 0) is 0 Å². The molecule has 0 saturated carbocycles. The normalized spacial score (nSPS) is 11.0. The molecule has 1 amide bonds. The van der Waals surface area contributed by atoms with Crippen LogP contribution in [0.5, 0.6) is 5.75 Å². The average Bonchev–Trinajstić information content (AvgIpc) is 2.25. The Balaban J connectivity index is 2.18. The van der Waals surface area contributed by atoms with Gasteiger partial charge in [-0.25, -0.2) is 4.79 Å². The Kier molecular flexibility index (Phi) is 4.97. The zero-order chi connectivity index (χ0) is 12.7. The lowest BCUT2D eigenvalue weighted by Gasteiger charge is -2.20. The van der Waals surface area contributed by atoms with Gasteiger partial charge in [-0.1, -0.05) is 18.2 Å². The highest BCUT2D eigenvalue weighted by molar-refractivity contribution is 5.70. The lowest BCUT2D eigenvalue weighted by Crippen LogP contribution is -2.41. The van der Waals surface area contributed by atoms with Gasteiger partial charge in [0, 0.05) is 18.6 Å². The van der Waals surface area contributed by atoms with E-state index in [1.807, 2.05) is 18.2 Å². The van der Waals surface area contributed by atoms with Crippen molar-refractivity contribution >= 4 is 6.09 Å². The number of ether oxygens (including phenoxy) is 1. The van der Waals surface area contributed by atoms with Gasteiger partial charge in [-0.15, -0.1) is 0 Å². The molecule has 17 heavy (non-hydrogen) atoms. The molecule has 1 aromatic rings. The van der Waals surface area contributed by atoms with E-state index in [9.17, 15) is 4.79 Å². The maximum atomic E-state index is 11.4. The molecule has 0 aliphatic heterocycles. The van der Waals surface area contributed by atoms with Crippen molar-refractivity contribution in [3.05, 3.63) is 30.3 Å². The van der Waals surface area contributed by atoms with E-state index in [1.54, 1.807) is 12.1 Å². The van der Waals surface area contributed by atoms with Crippen molar-refractivity contribution < 1.29 is 9.53 Å². The first-order valence-electron chi connectivity index (χ1n) is 5.73. The zero-order valence-corrected chi connectivity index (χ0v) is 10.6. The summed E-state index contributed by atoms with van der Waals surface area (Å²) in [4.78, 5) is 11.4. The van der Waals surface area contributed by atoms with Crippen LogP contribution in [0.3, 0.4) is 0 Å². The van der Waals surface area contributed by atoms with Crippen molar-refractivity contribution in [3.63, 3.8) is 0 Å². The van der Waals surface area contributed by atoms with Gasteiger partial charge in [0.2, 0.25) is 0 Å². The lowest BCUT2D eigenvalue weighted by molar-refractivity contribution is 0.200. The first-order valence-corrected chi connectivity index (χ1v) is 5.73. The molecular formula is C13H20N2O2. The molecule has 0 aliphatic rings. The van der Waals surface area contributed by atoms with E-state index in [1.165, 1.54) is 0 Å². The van der Waals surface area contributed by atoms with Gasteiger partial charge < -0.3 is 15.4 Å². The summed E-state index contributed by atoms with van der Waals surface area (Å²) in [6.07, 6.45) is -0.424. The second kappa shape index (κ2) is 6.25. The first kappa shape index (κ1) is 13.5. The molecule has 4 nitrogen and oxygen atoms in total. The maximum Gasteiger partial charge on any atom is 0.412 e. The summed E-state index contributed by atoms with van der Waals surface area (Å²) < 4.78 is 5.07. The predicted octanol–water partition coefficient (Wildman–Crippen LogP) is 2.16. The van der Waals surface area contributed by atoms with Crippen molar-refractivity contribution in [2.45, 2.75) is 26.3 Å². The van der Waals surface area contributed by atoms with Gasteiger partial charge in [0.25, 0.3) is 0 Å². The topological polar surface area (TPSA) is 50.4 Å². The molecular weight excluding hydrogens is 216 g/mol. The molecule has 0 spiro atoms. The summed E-state index contributed by atoms with van der Waals surface area (Å²) in [5, 5.41) is 5.95. The highest BCUT2D eigenvalue weighted by Crippen LogP contribution is 2.07. The molecule has 0 heterocycles. The fourth-order valence-corrected chi connectivity index (χ4v) is 1.23. The summed E-state index contributed by atoms with van der Waals surface area (Å²) >= 11 is 0. The van der Waals surface area contributed by atoms with E-state index in [-0.39, 0.29) is 5.54 Å². The van der Waals surface area contributed by atoms with Crippen LogP contribution in [0, 0.1) is 0 Å². The zero-order valence-electron chi connectivity index (χ0n) is 10.6. The minimum absolute atomic E-state index is 0.0605. The first-order chi connectivity index (χ1) is 7.97. The van der Waals surface area contributed by atoms with Crippen molar-refractivity contribution in [2.75, 3.05) is 13.1 Å². The highest BCUT2D eigenvalue weighted by Gasteiger charge is 2.08. The van der Waals surface area contributed by atoms with E-state index in [0.29, 0.717) is 18.8 Å². The quantitative estimate of drug-likeness (QED) is 0.788. The molecule has 94 valence electrons. The number of nitrogens with one attached hydrogen (secondary N) is 2. The lowest BCUT2D eigenvalue weighted by atomic mass is 10.1. The molecule has 0 aromatic heterocycles. The third-order valence-electron chi connectivity index (χ3n) is 2.00. The van der Waals surface area contributed by atoms with E-state index in [4.69, 9.17) is 4.74 Å². The monoisotopic (exact) mass is 236 g/mol. The molecule has 1 rings (SSSR count). The molecule has 1 aromatic carbocycles. The summed E-state index contributed by atoms with van der Waals surface area (Å²) in [7, 11) is 0. The van der Waals surface area contributed by atoms with Gasteiger partial charge in [0.1, 0.15) is 5.75 Å². The van der Waals surface area contributed by atoms with Crippen LogP contribution < -0.4 is 15.4 Å². The van der Waals surface area contributed by atoms with Gasteiger partial charge >= 0.3 is 6.09 Å². The number of carbonyl (C=O) groups is 1. The Bertz CT molecular complexity index is 344. The van der Waals surface area contributed by atoms with Crippen LogP contribution >= 0.6 is 0 Å². The molecule has 0 aliphatic carbocycles. The number of benzene rings is 1. The Morgan fingerprint density at radius 3 is 2.41 bits per heavy atom. The molecule has 0 unspecified atom stereocenters. The van der Waals surface area contributed by atoms with Gasteiger partial charge in [0.15, 0.2) is 0 Å². The van der Waals surface area contributed by atoms with Crippen LogP contribution in [-0.4, -0.2) is 24.7 Å². The third-order valence-corrected chi connectivity index (χ3v) is 2.00. The minimum Gasteiger partial charge on any atom is -0.410 e. The Hall–Kier alpha value is -1.55. The number of carbonyl (C=O) groups excluding carboxylic acids is 1. The van der Waals surface area contributed by atoms with Gasteiger partial charge in [-0.2, -0.15) is 0 Å². The van der Waals surface area contributed by atoms with E-state index in [2.05, 4.69) is 31.4 Å². The predicted molar refractivity (Wildman–Crippen MR) is 68.2 cm³/mol. The number of hydrogen-bond donors (Lipinski definition) is 2. The molecule has 0 bridgehead atoms. The molecule has 0 fully saturated rings. The molecule has 2 N–H and O–H groups in total. The van der Waals surface area contributed by atoms with Crippen molar-refractivity contribution in [1.29, 1.82) is 0 Å². The second-order valence-corrected chi connectivity index (χ2v) is 4.81. The fourth-order valence-electron chi connectivity index (χ4n) is 1.23. The summed E-state index contributed by atoms with van der Waals surface area (Å²) in [5.41, 5.74) is 0.0605. The SMILES string of the molecule is CC(C)(C)NCCNC(=O)Oc1ccccc1. The summed E-state index contributed by atoms with van der Waals surface area (Å²) in [6, 6.07) is 9.01. The van der Waals surface area contributed by atoms with Gasteiger partial charge in [-0.05, 0) is 32.9 Å². The number of amides is 1. The van der Waals surface area contributed by atoms with E-state index in [0.717, 1.165) is 0 Å². The van der Waals surface area contributed by atoms with Crippen LogP contribution in [0.1, 0.15) is 20.8 Å². The van der Waals surface area contributed by atoms with Crippen LogP contribution in [0.4, 0.5) is 4.79 Å². The molecule has 0 radical (unpaired) electrons. The average molecular weight is 236 g/mol. The van der Waals surface area contributed by atoms with Crippen LogP contribution in [0.15, 0.2) is 30.3 Å². The van der Waals surface area contributed by atoms with Crippen LogP contribution in [0.2, 0.25) is 0 Å². The van der Waals surface area contributed by atoms with E-state index >= 15 is 0 Å². The summed E-state index contributed by atoms with van der Waals surface area (Å²) in [6.45, 7) is 7.50. The van der Waals surface area contributed by atoms with E-state index < -0.39 is 6.09 Å². The molecule has 4 heteroatoms. The minimum atomic E-state index is -0.424. The standard InChI is InChI=1S/C13H20N2O2/c1-13(2,3)15-10-9-14-12(16)17-11-7-5-4-6-8-11/h4-8,15H,9-10H2,1-3H3,(H,14,16). The second-order valence-electron chi connectivity index (χ2n) is 4.81. The Morgan fingerprint density at radius 1 is 1.18 bits per heavy atom. The van der Waals surface area contributed by atoms with Crippen molar-refractivity contribution in [2.24, 2.45) is 0 Å². The highest BCUT2D eigenvalue weighted by atomic mass is 16.5. The third kappa shape index (κ3) is 6.58. The van der Waals surface area contributed by atoms with Crippen molar-refractivity contribution in [1.82, 2.24) is 10.6 Å². The van der Waals surface area contributed by atoms with Gasteiger partial charge in [0.05, 0.1) is 0 Å². The maximum absolute atomic E-state index is 11.4. The fraction of sp³-hybridized carbons (Fsp3) is 0.462. The number of rotatable bonds is 4. The van der Waals surface area contributed by atoms with Gasteiger partial charge in [-0.3, -0.25) is 0 Å². The smallest absolute Gasteiger partial charge is 0.410 e. The Morgan fingerprint density at radius 2 is 1.82 bits per heavy atom. The largest absolute Gasteiger partial charge is 0.412 e. The van der Waals surface area contributed by atoms with Crippen molar-refractivity contribution in [3.8, 4) is 5.75 Å². The summed E-state index contributed by atoms with van der Waals surface area (Å²) in [5.74, 6) is 0.550. The molecule has 0 saturated heterocycles.